The minimum absolute atomic E-state index is 0. The number of imidazole rings is 1. The van der Waals surface area contributed by atoms with E-state index < -0.39 is 0 Å². The molecule has 2 N–H and O–H groups in total. The lowest BCUT2D eigenvalue weighted by Gasteiger charge is -2.31. The highest BCUT2D eigenvalue weighted by atomic mass is 35.5. The van der Waals surface area contributed by atoms with Gasteiger partial charge < -0.3 is 15.2 Å². The molecule has 0 aromatic carbocycles. The molecule has 1 aliphatic carbocycles. The number of halogens is 2. The van der Waals surface area contributed by atoms with Crippen LogP contribution in [0.3, 0.4) is 0 Å². The highest BCUT2D eigenvalue weighted by Crippen LogP contribution is 2.35. The van der Waals surface area contributed by atoms with Gasteiger partial charge in [0.15, 0.2) is 0 Å². The van der Waals surface area contributed by atoms with Crippen molar-refractivity contribution in [3.8, 4) is 0 Å². The first kappa shape index (κ1) is 20.2. The summed E-state index contributed by atoms with van der Waals surface area (Å²) in [6.07, 6.45) is 8.44. The molecule has 1 aliphatic heterocycles. The van der Waals surface area contributed by atoms with Crippen molar-refractivity contribution in [3.63, 3.8) is 0 Å². The molecule has 8 heteroatoms. The zero-order chi connectivity index (χ0) is 14.7. The Morgan fingerprint density at radius 1 is 1.35 bits per heavy atom. The molecule has 0 atom stereocenters. The maximum atomic E-state index is 12.1. The average Bonchev–Trinajstić information content (AvgIpc) is 3.24. The van der Waals surface area contributed by atoms with E-state index >= 15 is 0 Å². The Hall–Kier alpha value is -0.820. The Labute approximate surface area is 150 Å². The largest absolute Gasteiger partial charge is 0.349 e. The molecule has 0 spiro atoms. The zero-order valence-electron chi connectivity index (χ0n) is 13.5. The van der Waals surface area contributed by atoms with Gasteiger partial charge in [-0.3, -0.25) is 9.69 Å². The van der Waals surface area contributed by atoms with Gasteiger partial charge in [-0.1, -0.05) is 0 Å². The summed E-state index contributed by atoms with van der Waals surface area (Å²) in [5.74, 6) is 0.0968. The molecule has 1 amide bonds. The third-order valence-corrected chi connectivity index (χ3v) is 4.48. The van der Waals surface area contributed by atoms with Crippen molar-refractivity contribution in [1.82, 2.24) is 25.1 Å². The zero-order valence-corrected chi connectivity index (χ0v) is 15.2. The van der Waals surface area contributed by atoms with Gasteiger partial charge in [0.25, 0.3) is 0 Å². The van der Waals surface area contributed by atoms with Crippen molar-refractivity contribution in [3.05, 3.63) is 18.2 Å². The van der Waals surface area contributed by atoms with Crippen LogP contribution in [0.15, 0.2) is 12.5 Å². The standard InChI is InChI=1S/C15H25N5O.2ClH/c1-19(12-4-6-16-7-5-12)10-15(21)18-9-14-8-17-11-20(14)13-2-3-13;;/h8,11-13,16H,2-7,9-10H2,1H3,(H,18,21);2*1H. The maximum absolute atomic E-state index is 12.1. The Morgan fingerprint density at radius 2 is 2.04 bits per heavy atom. The van der Waals surface area contributed by atoms with Crippen LogP contribution in [0.4, 0.5) is 0 Å². The number of nitrogens with zero attached hydrogens (tertiary/aromatic N) is 3. The Kier molecular flexibility index (Phi) is 8.33. The predicted molar refractivity (Wildman–Crippen MR) is 95.4 cm³/mol. The van der Waals surface area contributed by atoms with Crippen molar-refractivity contribution >= 4 is 30.7 Å². The summed E-state index contributed by atoms with van der Waals surface area (Å²) < 4.78 is 2.19. The predicted octanol–water partition coefficient (Wildman–Crippen LogP) is 1.36. The Morgan fingerprint density at radius 3 is 2.70 bits per heavy atom. The number of carbonyl (C=O) groups excluding carboxylic acids is 1. The van der Waals surface area contributed by atoms with E-state index in [2.05, 4.69) is 25.1 Å². The summed E-state index contributed by atoms with van der Waals surface area (Å²) >= 11 is 0. The summed E-state index contributed by atoms with van der Waals surface area (Å²) in [5.41, 5.74) is 1.11. The fourth-order valence-corrected chi connectivity index (χ4v) is 3.00. The van der Waals surface area contributed by atoms with Crippen LogP contribution in [0.25, 0.3) is 0 Å². The van der Waals surface area contributed by atoms with Gasteiger partial charge >= 0.3 is 0 Å². The van der Waals surface area contributed by atoms with E-state index in [-0.39, 0.29) is 30.7 Å². The van der Waals surface area contributed by atoms with Crippen molar-refractivity contribution in [2.45, 2.75) is 44.3 Å². The molecule has 1 aromatic heterocycles. The van der Waals surface area contributed by atoms with E-state index in [1.807, 2.05) is 19.6 Å². The molecule has 1 aromatic rings. The molecule has 132 valence electrons. The number of aromatic nitrogens is 2. The number of hydrogen-bond donors (Lipinski definition) is 2. The Bertz CT molecular complexity index is 486. The van der Waals surface area contributed by atoms with Crippen LogP contribution in [-0.4, -0.2) is 53.1 Å². The van der Waals surface area contributed by atoms with Crippen LogP contribution in [0, 0.1) is 0 Å². The maximum Gasteiger partial charge on any atom is 0.234 e. The third kappa shape index (κ3) is 5.64. The summed E-state index contributed by atoms with van der Waals surface area (Å²) in [6, 6.07) is 1.13. The summed E-state index contributed by atoms with van der Waals surface area (Å²) in [5, 5.41) is 6.37. The molecule has 2 fully saturated rings. The second-order valence-corrected chi connectivity index (χ2v) is 6.20. The van der Waals surface area contributed by atoms with Crippen LogP contribution < -0.4 is 10.6 Å². The highest BCUT2D eigenvalue weighted by molar-refractivity contribution is 5.85. The molecule has 0 bridgehead atoms. The quantitative estimate of drug-likeness (QED) is 0.800. The molecule has 1 saturated heterocycles. The van der Waals surface area contributed by atoms with E-state index in [1.165, 1.54) is 12.8 Å². The molecule has 2 heterocycles. The first-order valence-corrected chi connectivity index (χ1v) is 7.92. The van der Waals surface area contributed by atoms with Gasteiger partial charge in [-0.05, 0) is 45.8 Å². The molecule has 23 heavy (non-hydrogen) atoms. The molecular weight excluding hydrogens is 337 g/mol. The van der Waals surface area contributed by atoms with Gasteiger partial charge in [0.1, 0.15) is 0 Å². The minimum Gasteiger partial charge on any atom is -0.349 e. The van der Waals surface area contributed by atoms with Crippen LogP contribution in [0.2, 0.25) is 0 Å². The Balaban J connectivity index is 0.00000132. The lowest BCUT2D eigenvalue weighted by molar-refractivity contribution is -0.122. The van der Waals surface area contributed by atoms with Crippen LogP contribution >= 0.6 is 24.8 Å². The van der Waals surface area contributed by atoms with Crippen LogP contribution in [0.5, 0.6) is 0 Å². The first-order chi connectivity index (χ1) is 10.2. The van der Waals surface area contributed by atoms with Gasteiger partial charge in [-0.2, -0.15) is 0 Å². The van der Waals surface area contributed by atoms with Gasteiger partial charge in [-0.25, -0.2) is 4.98 Å². The topological polar surface area (TPSA) is 62.2 Å². The smallest absolute Gasteiger partial charge is 0.234 e. The van der Waals surface area contributed by atoms with Gasteiger partial charge in [0.2, 0.25) is 5.91 Å². The van der Waals surface area contributed by atoms with Crippen molar-refractivity contribution in [1.29, 1.82) is 0 Å². The fraction of sp³-hybridized carbons (Fsp3) is 0.733. The van der Waals surface area contributed by atoms with Crippen LogP contribution in [0.1, 0.15) is 37.4 Å². The summed E-state index contributed by atoms with van der Waals surface area (Å²) in [7, 11) is 2.05. The van der Waals surface area contributed by atoms with Crippen molar-refractivity contribution in [2.24, 2.45) is 0 Å². The average molecular weight is 364 g/mol. The number of carbonyl (C=O) groups is 1. The normalized spacial score (nSPS) is 18.2. The number of hydrogen-bond acceptors (Lipinski definition) is 4. The van der Waals surface area contributed by atoms with E-state index in [4.69, 9.17) is 0 Å². The highest BCUT2D eigenvalue weighted by Gasteiger charge is 2.25. The molecular formula is C15H27Cl2N5O. The monoisotopic (exact) mass is 363 g/mol. The molecule has 3 rings (SSSR count). The second kappa shape index (κ2) is 9.47. The SMILES string of the molecule is CN(CC(=O)NCc1cncn1C1CC1)C1CCNCC1.Cl.Cl. The minimum atomic E-state index is 0. The lowest BCUT2D eigenvalue weighted by Crippen LogP contribution is -2.45. The molecule has 0 radical (unpaired) electrons. The number of piperidine rings is 1. The molecule has 0 unspecified atom stereocenters. The van der Waals surface area contributed by atoms with Gasteiger partial charge in [0.05, 0.1) is 25.1 Å². The number of likely N-dealkylation sites (N-methyl/N-ethyl adjacent to an activating group) is 1. The second-order valence-electron chi connectivity index (χ2n) is 6.20. The third-order valence-electron chi connectivity index (χ3n) is 4.48. The number of amides is 1. The van der Waals surface area contributed by atoms with E-state index in [0.717, 1.165) is 31.6 Å². The van der Waals surface area contributed by atoms with Crippen molar-refractivity contribution < 1.29 is 4.79 Å². The van der Waals surface area contributed by atoms with E-state index in [9.17, 15) is 4.79 Å². The molecule has 1 saturated carbocycles. The molecule has 6 nitrogen and oxygen atoms in total. The summed E-state index contributed by atoms with van der Waals surface area (Å²) in [4.78, 5) is 18.5. The van der Waals surface area contributed by atoms with Crippen LogP contribution in [-0.2, 0) is 11.3 Å². The van der Waals surface area contributed by atoms with Gasteiger partial charge in [0, 0.05) is 18.3 Å². The lowest BCUT2D eigenvalue weighted by atomic mass is 10.1. The summed E-state index contributed by atoms with van der Waals surface area (Å²) in [6.45, 7) is 3.16. The van der Waals surface area contributed by atoms with E-state index in [1.54, 1.807) is 0 Å². The van der Waals surface area contributed by atoms with E-state index in [0.29, 0.717) is 25.2 Å². The number of rotatable bonds is 6. The first-order valence-electron chi connectivity index (χ1n) is 7.92. The molecule has 2 aliphatic rings. The van der Waals surface area contributed by atoms with Crippen molar-refractivity contribution in [2.75, 3.05) is 26.7 Å². The fourth-order valence-electron chi connectivity index (χ4n) is 3.00. The van der Waals surface area contributed by atoms with Gasteiger partial charge in [-0.15, -0.1) is 24.8 Å². The number of nitrogens with one attached hydrogen (secondary N) is 2.